The van der Waals surface area contributed by atoms with E-state index >= 15 is 0 Å². The van der Waals surface area contributed by atoms with E-state index in [1.54, 1.807) is 37.7 Å². The number of hydrogen-bond donors (Lipinski definition) is 2. The van der Waals surface area contributed by atoms with Gasteiger partial charge >= 0.3 is 0 Å². The van der Waals surface area contributed by atoms with Crippen molar-refractivity contribution >= 4 is 23.6 Å². The lowest BCUT2D eigenvalue weighted by molar-refractivity contribution is -0.142. The highest BCUT2D eigenvalue weighted by atomic mass is 16.2. The molecule has 0 aliphatic rings. The summed E-state index contributed by atoms with van der Waals surface area (Å²) in [7, 11) is 3.57. The zero-order valence-corrected chi connectivity index (χ0v) is 26.8. The molecule has 2 atom stereocenters. The summed E-state index contributed by atoms with van der Waals surface area (Å²) in [6.07, 6.45) is 17.4. The summed E-state index contributed by atoms with van der Waals surface area (Å²) in [6.45, 7) is 10.3. The largest absolute Gasteiger partial charge is 0.355 e. The second-order valence-corrected chi connectivity index (χ2v) is 11.5. The molecule has 0 bridgehead atoms. The van der Waals surface area contributed by atoms with Crippen LogP contribution in [0.4, 0.5) is 0 Å². The van der Waals surface area contributed by atoms with Crippen molar-refractivity contribution in [1.29, 1.82) is 0 Å². The van der Waals surface area contributed by atoms with Crippen LogP contribution in [0.2, 0.25) is 0 Å². The summed E-state index contributed by atoms with van der Waals surface area (Å²) >= 11 is 0. The van der Waals surface area contributed by atoms with Crippen molar-refractivity contribution in [3.63, 3.8) is 0 Å². The van der Waals surface area contributed by atoms with Crippen LogP contribution in [0, 0.1) is 11.8 Å². The van der Waals surface area contributed by atoms with Gasteiger partial charge in [-0.1, -0.05) is 90.9 Å². The van der Waals surface area contributed by atoms with Gasteiger partial charge < -0.3 is 20.4 Å². The summed E-state index contributed by atoms with van der Waals surface area (Å²) in [5.41, 5.74) is 0. The SMILES string of the molecule is CCCCCCCN(C)C(=O)[C@H](C)C(=O)NCCCCCCCCNC(=O)[C@H](C)C(=O)N(C)CCCCCCC. The van der Waals surface area contributed by atoms with Crippen LogP contribution >= 0.6 is 0 Å². The van der Waals surface area contributed by atoms with Gasteiger partial charge in [-0.15, -0.1) is 0 Å². The number of nitrogens with zero attached hydrogens (tertiary/aromatic N) is 2. The van der Waals surface area contributed by atoms with Crippen LogP contribution in [-0.4, -0.2) is 73.7 Å². The second kappa shape index (κ2) is 24.7. The highest BCUT2D eigenvalue weighted by molar-refractivity contribution is 6.00. The third-order valence-corrected chi connectivity index (χ3v) is 7.68. The van der Waals surface area contributed by atoms with Crippen molar-refractivity contribution in [2.45, 2.75) is 130 Å². The number of amides is 4. The Morgan fingerprint density at radius 3 is 1.15 bits per heavy atom. The quantitative estimate of drug-likeness (QED) is 0.110. The standard InChI is InChI=1S/C32H62N4O4/c1-7-9-11-17-21-25-35(5)31(39)27(3)29(37)33-23-19-15-13-14-16-20-24-34-30(38)28(4)32(40)36(6)26-22-18-12-10-8-2/h27-28H,7-26H2,1-6H3,(H,33,37)(H,34,38)/t27-,28+. The highest BCUT2D eigenvalue weighted by Crippen LogP contribution is 2.09. The van der Waals surface area contributed by atoms with Gasteiger partial charge in [0.2, 0.25) is 23.6 Å². The monoisotopic (exact) mass is 566 g/mol. The van der Waals surface area contributed by atoms with E-state index in [9.17, 15) is 19.2 Å². The van der Waals surface area contributed by atoms with E-state index in [1.807, 2.05) is 0 Å². The van der Waals surface area contributed by atoms with Crippen LogP contribution in [0.25, 0.3) is 0 Å². The predicted octanol–water partition coefficient (Wildman–Crippen LogP) is 5.69. The fraction of sp³-hybridized carbons (Fsp3) is 0.875. The van der Waals surface area contributed by atoms with Gasteiger partial charge in [0.05, 0.1) is 0 Å². The molecule has 2 N–H and O–H groups in total. The van der Waals surface area contributed by atoms with Crippen LogP contribution in [-0.2, 0) is 19.2 Å². The second-order valence-electron chi connectivity index (χ2n) is 11.5. The third kappa shape index (κ3) is 18.3. The Hall–Kier alpha value is -2.12. The van der Waals surface area contributed by atoms with Crippen molar-refractivity contribution in [3.8, 4) is 0 Å². The molecule has 0 aliphatic heterocycles. The maximum atomic E-state index is 12.5. The van der Waals surface area contributed by atoms with Crippen molar-refractivity contribution in [1.82, 2.24) is 20.4 Å². The van der Waals surface area contributed by atoms with E-state index < -0.39 is 11.8 Å². The van der Waals surface area contributed by atoms with Gasteiger partial charge in [0.15, 0.2) is 0 Å². The van der Waals surface area contributed by atoms with E-state index in [0.717, 1.165) is 64.2 Å². The van der Waals surface area contributed by atoms with Gasteiger partial charge in [-0.2, -0.15) is 0 Å². The minimum absolute atomic E-state index is 0.108. The first kappa shape index (κ1) is 37.9. The molecule has 8 heteroatoms. The van der Waals surface area contributed by atoms with E-state index in [4.69, 9.17) is 0 Å². The highest BCUT2D eigenvalue weighted by Gasteiger charge is 2.25. The molecule has 0 aromatic heterocycles. The Bertz CT molecular complexity index is 642. The van der Waals surface area contributed by atoms with Crippen molar-refractivity contribution in [2.24, 2.45) is 11.8 Å². The molecule has 0 saturated heterocycles. The minimum atomic E-state index is -0.648. The number of rotatable bonds is 25. The molecule has 0 rings (SSSR count). The van der Waals surface area contributed by atoms with Gasteiger partial charge in [-0.05, 0) is 39.5 Å². The smallest absolute Gasteiger partial charge is 0.234 e. The van der Waals surface area contributed by atoms with E-state index in [1.165, 1.54) is 38.5 Å². The van der Waals surface area contributed by atoms with Crippen molar-refractivity contribution in [2.75, 3.05) is 40.3 Å². The number of hydrogen-bond acceptors (Lipinski definition) is 4. The fourth-order valence-corrected chi connectivity index (χ4v) is 4.70. The van der Waals surface area contributed by atoms with Crippen molar-refractivity contribution in [3.05, 3.63) is 0 Å². The number of nitrogens with one attached hydrogen (secondary N) is 2. The zero-order valence-electron chi connectivity index (χ0n) is 26.8. The summed E-state index contributed by atoms with van der Waals surface area (Å²) in [5, 5.41) is 5.82. The molecule has 0 aromatic rings. The Morgan fingerprint density at radius 1 is 0.500 bits per heavy atom. The summed E-state index contributed by atoms with van der Waals surface area (Å²) in [4.78, 5) is 53.1. The third-order valence-electron chi connectivity index (χ3n) is 7.68. The zero-order chi connectivity index (χ0) is 30.2. The van der Waals surface area contributed by atoms with Gasteiger partial charge in [0.1, 0.15) is 11.8 Å². The van der Waals surface area contributed by atoms with Crippen molar-refractivity contribution < 1.29 is 19.2 Å². The summed E-state index contributed by atoms with van der Waals surface area (Å²) in [5.74, 6) is -1.89. The average molecular weight is 567 g/mol. The van der Waals surface area contributed by atoms with Crippen LogP contribution < -0.4 is 10.6 Å². The molecule has 234 valence electrons. The molecule has 8 nitrogen and oxygen atoms in total. The predicted molar refractivity (Wildman–Crippen MR) is 165 cm³/mol. The number of carbonyl (C=O) groups is 4. The molecule has 0 unspecified atom stereocenters. The van der Waals surface area contributed by atoms with Gasteiger partial charge in [0.25, 0.3) is 0 Å². The van der Waals surface area contributed by atoms with E-state index in [-0.39, 0.29) is 23.6 Å². The lowest BCUT2D eigenvalue weighted by Crippen LogP contribution is -2.41. The summed E-state index contributed by atoms with van der Waals surface area (Å²) in [6, 6.07) is 0. The number of unbranched alkanes of at least 4 members (excludes halogenated alkanes) is 13. The Labute approximate surface area is 245 Å². The lowest BCUT2D eigenvalue weighted by Gasteiger charge is -2.21. The molecular weight excluding hydrogens is 504 g/mol. The first-order valence-electron chi connectivity index (χ1n) is 16.2. The normalized spacial score (nSPS) is 12.4. The molecule has 4 amide bonds. The average Bonchev–Trinajstić information content (AvgIpc) is 2.95. The van der Waals surface area contributed by atoms with E-state index in [2.05, 4.69) is 24.5 Å². The Morgan fingerprint density at radius 2 is 0.800 bits per heavy atom. The van der Waals surface area contributed by atoms with Gasteiger partial charge in [0, 0.05) is 40.3 Å². The number of carbonyl (C=O) groups excluding carboxylic acids is 4. The van der Waals surface area contributed by atoms with Crippen LogP contribution in [0.3, 0.4) is 0 Å². The fourth-order valence-electron chi connectivity index (χ4n) is 4.70. The topological polar surface area (TPSA) is 98.8 Å². The lowest BCUT2D eigenvalue weighted by atomic mass is 10.1. The molecule has 0 aromatic carbocycles. The maximum absolute atomic E-state index is 12.5. The van der Waals surface area contributed by atoms with E-state index in [0.29, 0.717) is 26.2 Å². The van der Waals surface area contributed by atoms with Crippen LogP contribution in [0.5, 0.6) is 0 Å². The molecule has 0 saturated carbocycles. The van der Waals surface area contributed by atoms with Gasteiger partial charge in [-0.3, -0.25) is 19.2 Å². The van der Waals surface area contributed by atoms with Crippen LogP contribution in [0.1, 0.15) is 130 Å². The molecule has 0 radical (unpaired) electrons. The first-order chi connectivity index (χ1) is 19.2. The molecule has 40 heavy (non-hydrogen) atoms. The maximum Gasteiger partial charge on any atom is 0.234 e. The Balaban J connectivity index is 3.84. The van der Waals surface area contributed by atoms with Crippen LogP contribution in [0.15, 0.2) is 0 Å². The molecule has 0 fully saturated rings. The summed E-state index contributed by atoms with van der Waals surface area (Å²) < 4.78 is 0. The molecule has 0 spiro atoms. The molecule has 0 heterocycles. The molecule has 0 aliphatic carbocycles. The van der Waals surface area contributed by atoms with Gasteiger partial charge in [-0.25, -0.2) is 0 Å². The Kier molecular flexibility index (Phi) is 23.4. The minimum Gasteiger partial charge on any atom is -0.355 e. The first-order valence-corrected chi connectivity index (χ1v) is 16.2. The molecular formula is C32H62N4O4.